The lowest BCUT2D eigenvalue weighted by Crippen LogP contribution is -2.38. The number of nitro benzene ring substituents is 1. The van der Waals surface area contributed by atoms with E-state index in [1.54, 1.807) is 11.8 Å². The molecule has 0 radical (unpaired) electrons. The van der Waals surface area contributed by atoms with Crippen LogP contribution in [0.3, 0.4) is 0 Å². The number of rotatable bonds is 5. The summed E-state index contributed by atoms with van der Waals surface area (Å²) < 4.78 is 26.8. The van der Waals surface area contributed by atoms with Gasteiger partial charge in [0.2, 0.25) is 10.0 Å². The van der Waals surface area contributed by atoms with Crippen molar-refractivity contribution in [1.29, 1.82) is 0 Å². The second-order valence-corrected chi connectivity index (χ2v) is 7.62. The van der Waals surface area contributed by atoms with E-state index in [2.05, 4.69) is 5.32 Å². The fourth-order valence-corrected chi connectivity index (χ4v) is 4.86. The van der Waals surface area contributed by atoms with Gasteiger partial charge in [0.05, 0.1) is 10.6 Å². The average Bonchev–Trinajstić information content (AvgIpc) is 2.48. The lowest BCUT2D eigenvalue weighted by Gasteiger charge is -2.26. The number of benzene rings is 1. The summed E-state index contributed by atoms with van der Waals surface area (Å²) in [4.78, 5) is 10.3. The first kappa shape index (κ1) is 16.1. The Bertz CT molecular complexity index is 627. The molecule has 9 heteroatoms. The van der Waals surface area contributed by atoms with Gasteiger partial charge in [-0.3, -0.25) is 10.1 Å². The van der Waals surface area contributed by atoms with Crippen molar-refractivity contribution in [2.75, 3.05) is 36.5 Å². The molecule has 2 rings (SSSR count). The van der Waals surface area contributed by atoms with Crippen LogP contribution in [0.5, 0.6) is 0 Å². The zero-order chi connectivity index (χ0) is 15.5. The van der Waals surface area contributed by atoms with Crippen LogP contribution in [0.2, 0.25) is 0 Å². The van der Waals surface area contributed by atoms with E-state index >= 15 is 0 Å². The van der Waals surface area contributed by atoms with Crippen molar-refractivity contribution in [3.63, 3.8) is 0 Å². The molecule has 1 aliphatic rings. The van der Waals surface area contributed by atoms with Crippen LogP contribution >= 0.6 is 11.8 Å². The second kappa shape index (κ2) is 6.63. The molecule has 0 bridgehead atoms. The van der Waals surface area contributed by atoms with Crippen LogP contribution in [0.15, 0.2) is 23.1 Å². The number of hydrogen-bond acceptors (Lipinski definition) is 6. The smallest absolute Gasteiger partial charge is 0.270 e. The Morgan fingerprint density at radius 3 is 2.62 bits per heavy atom. The van der Waals surface area contributed by atoms with Gasteiger partial charge >= 0.3 is 0 Å². The monoisotopic (exact) mass is 331 g/mol. The van der Waals surface area contributed by atoms with E-state index < -0.39 is 14.9 Å². The molecule has 21 heavy (non-hydrogen) atoms. The van der Waals surface area contributed by atoms with E-state index in [4.69, 9.17) is 0 Å². The van der Waals surface area contributed by atoms with Crippen LogP contribution in [0, 0.1) is 10.1 Å². The van der Waals surface area contributed by atoms with Gasteiger partial charge in [0.15, 0.2) is 0 Å². The van der Waals surface area contributed by atoms with Crippen LogP contribution in [0.4, 0.5) is 11.4 Å². The first-order chi connectivity index (χ1) is 9.96. The number of nitro groups is 1. The molecule has 116 valence electrons. The summed E-state index contributed by atoms with van der Waals surface area (Å²) in [6.07, 6.45) is 0. The van der Waals surface area contributed by atoms with Gasteiger partial charge in [0.1, 0.15) is 4.90 Å². The van der Waals surface area contributed by atoms with Gasteiger partial charge in [0, 0.05) is 43.3 Å². The van der Waals surface area contributed by atoms with Crippen molar-refractivity contribution in [3.05, 3.63) is 28.3 Å². The Hall–Kier alpha value is -1.32. The zero-order valence-corrected chi connectivity index (χ0v) is 13.2. The van der Waals surface area contributed by atoms with E-state index in [1.165, 1.54) is 16.4 Å². The first-order valence-electron chi connectivity index (χ1n) is 6.57. The Morgan fingerprint density at radius 1 is 1.38 bits per heavy atom. The third-order valence-corrected chi connectivity index (χ3v) is 6.01. The highest BCUT2D eigenvalue weighted by Gasteiger charge is 2.30. The van der Waals surface area contributed by atoms with Crippen LogP contribution in [0.25, 0.3) is 0 Å². The molecule has 0 atom stereocenters. The number of anilines is 1. The van der Waals surface area contributed by atoms with Gasteiger partial charge in [-0.05, 0) is 13.0 Å². The number of thioether (sulfide) groups is 1. The summed E-state index contributed by atoms with van der Waals surface area (Å²) in [5, 5.41) is 13.9. The maximum absolute atomic E-state index is 12.7. The predicted octanol–water partition coefficient (Wildman–Crippen LogP) is 1.76. The van der Waals surface area contributed by atoms with E-state index in [9.17, 15) is 18.5 Å². The lowest BCUT2D eigenvalue weighted by molar-refractivity contribution is -0.385. The molecule has 1 aromatic carbocycles. The standard InChI is InChI=1S/C12H17N3O4S2/c1-2-13-11-4-3-10(15(16)17)9-12(11)21(18,19)14-5-7-20-8-6-14/h3-4,9,13H,2,5-8H2,1H3. The van der Waals surface area contributed by atoms with Crippen molar-refractivity contribution in [2.24, 2.45) is 0 Å². The lowest BCUT2D eigenvalue weighted by atomic mass is 10.3. The fraction of sp³-hybridized carbons (Fsp3) is 0.500. The van der Waals surface area contributed by atoms with Crippen LogP contribution in [0.1, 0.15) is 6.92 Å². The molecule has 0 aromatic heterocycles. The quantitative estimate of drug-likeness (QED) is 0.653. The fourth-order valence-electron chi connectivity index (χ4n) is 2.10. The number of nitrogens with one attached hydrogen (secondary N) is 1. The van der Waals surface area contributed by atoms with Crippen molar-refractivity contribution >= 4 is 33.2 Å². The summed E-state index contributed by atoms with van der Waals surface area (Å²) in [6, 6.07) is 3.89. The summed E-state index contributed by atoms with van der Waals surface area (Å²) in [5.74, 6) is 1.48. The van der Waals surface area contributed by atoms with Crippen molar-refractivity contribution in [1.82, 2.24) is 4.31 Å². The van der Waals surface area contributed by atoms with Gasteiger partial charge in [-0.15, -0.1) is 0 Å². The maximum atomic E-state index is 12.7. The van der Waals surface area contributed by atoms with Gasteiger partial charge in [-0.25, -0.2) is 8.42 Å². The minimum absolute atomic E-state index is 0.0227. The summed E-state index contributed by atoms with van der Waals surface area (Å²) >= 11 is 1.70. The van der Waals surface area contributed by atoms with E-state index in [-0.39, 0.29) is 10.6 Å². The molecule has 0 spiro atoms. The normalized spacial score (nSPS) is 16.6. The molecule has 1 heterocycles. The molecule has 1 aromatic rings. The summed E-state index contributed by atoms with van der Waals surface area (Å²) in [7, 11) is -3.72. The van der Waals surface area contributed by atoms with Gasteiger partial charge in [-0.2, -0.15) is 16.1 Å². The Kier molecular flexibility index (Phi) is 5.07. The molecule has 1 aliphatic heterocycles. The SMILES string of the molecule is CCNc1ccc([N+](=O)[O-])cc1S(=O)(=O)N1CCSCC1. The predicted molar refractivity (Wildman–Crippen MR) is 83.3 cm³/mol. The molecule has 1 saturated heterocycles. The number of non-ortho nitro benzene ring substituents is 1. The zero-order valence-electron chi connectivity index (χ0n) is 11.6. The molecule has 0 saturated carbocycles. The van der Waals surface area contributed by atoms with Crippen molar-refractivity contribution in [3.8, 4) is 0 Å². The van der Waals surface area contributed by atoms with Gasteiger partial charge in [-0.1, -0.05) is 0 Å². The summed E-state index contributed by atoms with van der Waals surface area (Å²) in [6.45, 7) is 3.24. The molecular weight excluding hydrogens is 314 g/mol. The highest BCUT2D eigenvalue weighted by atomic mass is 32.2. The molecule has 0 amide bonds. The highest BCUT2D eigenvalue weighted by Crippen LogP contribution is 2.30. The topological polar surface area (TPSA) is 92.5 Å². The van der Waals surface area contributed by atoms with Crippen LogP contribution < -0.4 is 5.32 Å². The molecule has 1 fully saturated rings. The molecule has 7 nitrogen and oxygen atoms in total. The third-order valence-electron chi connectivity index (χ3n) is 3.13. The number of sulfonamides is 1. The Labute approximate surface area is 127 Å². The minimum atomic E-state index is -3.72. The van der Waals surface area contributed by atoms with E-state index in [0.717, 1.165) is 17.6 Å². The van der Waals surface area contributed by atoms with Crippen LogP contribution in [-0.2, 0) is 10.0 Å². The Morgan fingerprint density at radius 2 is 2.05 bits per heavy atom. The largest absolute Gasteiger partial charge is 0.384 e. The third kappa shape index (κ3) is 3.47. The Balaban J connectivity index is 2.47. The number of nitrogens with zero attached hydrogens (tertiary/aromatic N) is 2. The minimum Gasteiger partial charge on any atom is -0.384 e. The second-order valence-electron chi connectivity index (χ2n) is 4.48. The van der Waals surface area contributed by atoms with Crippen LogP contribution in [-0.4, -0.2) is 48.8 Å². The molecule has 0 unspecified atom stereocenters. The first-order valence-corrected chi connectivity index (χ1v) is 9.16. The van der Waals surface area contributed by atoms with Crippen molar-refractivity contribution < 1.29 is 13.3 Å². The maximum Gasteiger partial charge on any atom is 0.270 e. The molecular formula is C12H17N3O4S2. The summed E-state index contributed by atoms with van der Waals surface area (Å²) in [5.41, 5.74) is 0.183. The number of hydrogen-bond donors (Lipinski definition) is 1. The van der Waals surface area contributed by atoms with E-state index in [0.29, 0.717) is 25.3 Å². The van der Waals surface area contributed by atoms with Gasteiger partial charge < -0.3 is 5.32 Å². The van der Waals surface area contributed by atoms with Crippen molar-refractivity contribution in [2.45, 2.75) is 11.8 Å². The van der Waals surface area contributed by atoms with Gasteiger partial charge in [0.25, 0.3) is 5.69 Å². The molecule has 0 aliphatic carbocycles. The highest BCUT2D eigenvalue weighted by molar-refractivity contribution is 7.99. The molecule has 1 N–H and O–H groups in total. The average molecular weight is 331 g/mol. The van der Waals surface area contributed by atoms with E-state index in [1.807, 2.05) is 6.92 Å².